The first kappa shape index (κ1) is 9.56. The smallest absolute Gasteiger partial charge is 0.311 e. The molecule has 0 aromatic carbocycles. The van der Waals surface area contributed by atoms with Crippen molar-refractivity contribution in [3.05, 3.63) is 0 Å². The predicted molar refractivity (Wildman–Crippen MR) is 47.8 cm³/mol. The Labute approximate surface area is 74.3 Å². The van der Waals surface area contributed by atoms with Crippen molar-refractivity contribution < 1.29 is 9.53 Å². The molecule has 2 heteroatoms. The highest BCUT2D eigenvalue weighted by Crippen LogP contribution is 2.27. The summed E-state index contributed by atoms with van der Waals surface area (Å²) < 4.78 is 5.30. The number of carbonyl (C=O) groups is 1. The molecular weight excluding hydrogens is 152 g/mol. The summed E-state index contributed by atoms with van der Waals surface area (Å²) in [5.74, 6) is -0.0327. The van der Waals surface area contributed by atoms with Crippen molar-refractivity contribution in [2.24, 2.45) is 5.41 Å². The molecule has 0 unspecified atom stereocenters. The Balaban J connectivity index is 2.35. The molecule has 1 rings (SSSR count). The van der Waals surface area contributed by atoms with Gasteiger partial charge in [0.15, 0.2) is 0 Å². The molecule has 0 aliphatic heterocycles. The van der Waals surface area contributed by atoms with Gasteiger partial charge < -0.3 is 4.74 Å². The van der Waals surface area contributed by atoms with E-state index in [1.165, 1.54) is 6.42 Å². The average Bonchev–Trinajstić information content (AvgIpc) is 1.96. The van der Waals surface area contributed by atoms with Crippen molar-refractivity contribution in [3.8, 4) is 0 Å². The fourth-order valence-corrected chi connectivity index (χ4v) is 0.944. The summed E-state index contributed by atoms with van der Waals surface area (Å²) in [6.45, 7) is 5.89. The van der Waals surface area contributed by atoms with Crippen LogP contribution in [0.4, 0.5) is 0 Å². The highest BCUT2D eigenvalue weighted by Gasteiger charge is 2.31. The van der Waals surface area contributed by atoms with Gasteiger partial charge in [0.1, 0.15) is 6.10 Å². The number of hydrogen-bond donors (Lipinski definition) is 0. The lowest BCUT2D eigenvalue weighted by Gasteiger charge is -2.29. The van der Waals surface area contributed by atoms with E-state index in [-0.39, 0.29) is 17.5 Å². The zero-order valence-electron chi connectivity index (χ0n) is 8.22. The quantitative estimate of drug-likeness (QED) is 0.608. The van der Waals surface area contributed by atoms with Crippen LogP contribution in [0.15, 0.2) is 0 Å². The van der Waals surface area contributed by atoms with Crippen LogP contribution in [-0.2, 0) is 9.53 Å². The third-order valence-corrected chi connectivity index (χ3v) is 2.76. The number of rotatable bonds is 3. The van der Waals surface area contributed by atoms with Crippen LogP contribution in [0.3, 0.4) is 0 Å². The second-order valence-electron chi connectivity index (χ2n) is 4.20. The summed E-state index contributed by atoms with van der Waals surface area (Å²) in [7, 11) is 0. The average molecular weight is 170 g/mol. The van der Waals surface area contributed by atoms with Crippen LogP contribution in [0.25, 0.3) is 0 Å². The third-order valence-electron chi connectivity index (χ3n) is 2.76. The summed E-state index contributed by atoms with van der Waals surface area (Å²) in [6, 6.07) is 0. The molecule has 1 fully saturated rings. The summed E-state index contributed by atoms with van der Waals surface area (Å²) in [6.07, 6.45) is 4.41. The molecule has 1 saturated carbocycles. The number of ether oxygens (including phenoxy) is 1. The van der Waals surface area contributed by atoms with Crippen molar-refractivity contribution >= 4 is 5.97 Å². The Morgan fingerprint density at radius 3 is 2.42 bits per heavy atom. The van der Waals surface area contributed by atoms with Crippen molar-refractivity contribution in [2.45, 2.75) is 52.6 Å². The van der Waals surface area contributed by atoms with Crippen molar-refractivity contribution in [1.29, 1.82) is 0 Å². The minimum Gasteiger partial charge on any atom is -0.462 e. The Bertz CT molecular complexity index is 169. The lowest BCUT2D eigenvalue weighted by atomic mass is 9.89. The Kier molecular flexibility index (Phi) is 2.76. The monoisotopic (exact) mass is 170 g/mol. The van der Waals surface area contributed by atoms with Gasteiger partial charge in [-0.1, -0.05) is 6.92 Å². The van der Waals surface area contributed by atoms with Gasteiger partial charge in [0, 0.05) is 0 Å². The van der Waals surface area contributed by atoms with E-state index in [9.17, 15) is 4.79 Å². The fourth-order valence-electron chi connectivity index (χ4n) is 0.944. The number of hydrogen-bond acceptors (Lipinski definition) is 2. The highest BCUT2D eigenvalue weighted by atomic mass is 16.5. The first-order chi connectivity index (χ1) is 5.56. The molecule has 1 aliphatic rings. The molecule has 70 valence electrons. The number of esters is 1. The Morgan fingerprint density at radius 2 is 2.08 bits per heavy atom. The van der Waals surface area contributed by atoms with Crippen LogP contribution in [-0.4, -0.2) is 12.1 Å². The number of carbonyl (C=O) groups excluding carboxylic acids is 1. The van der Waals surface area contributed by atoms with Gasteiger partial charge in [-0.3, -0.25) is 4.79 Å². The largest absolute Gasteiger partial charge is 0.462 e. The van der Waals surface area contributed by atoms with Crippen LogP contribution >= 0.6 is 0 Å². The van der Waals surface area contributed by atoms with E-state index in [1.807, 2.05) is 20.8 Å². The third kappa shape index (κ3) is 1.99. The van der Waals surface area contributed by atoms with Gasteiger partial charge in [-0.25, -0.2) is 0 Å². The molecule has 0 N–H and O–H groups in total. The van der Waals surface area contributed by atoms with E-state index in [1.54, 1.807) is 0 Å². The van der Waals surface area contributed by atoms with Crippen LogP contribution in [0, 0.1) is 5.41 Å². The molecule has 0 bridgehead atoms. The molecule has 0 aromatic rings. The minimum atomic E-state index is -0.296. The molecule has 12 heavy (non-hydrogen) atoms. The first-order valence-electron chi connectivity index (χ1n) is 4.77. The standard InChI is InChI=1S/C10H18O2/c1-4-10(2,3)9(11)12-8-6-5-7-8/h8H,4-7H2,1-3H3. The molecule has 0 radical (unpaired) electrons. The zero-order valence-corrected chi connectivity index (χ0v) is 8.22. The van der Waals surface area contributed by atoms with Crippen molar-refractivity contribution in [3.63, 3.8) is 0 Å². The maximum Gasteiger partial charge on any atom is 0.311 e. The molecule has 0 atom stereocenters. The van der Waals surface area contributed by atoms with Gasteiger partial charge in [-0.15, -0.1) is 0 Å². The van der Waals surface area contributed by atoms with E-state index in [4.69, 9.17) is 4.74 Å². The fraction of sp³-hybridized carbons (Fsp3) is 0.900. The molecule has 0 spiro atoms. The summed E-state index contributed by atoms with van der Waals surface area (Å²) in [5, 5.41) is 0. The summed E-state index contributed by atoms with van der Waals surface area (Å²) in [5.41, 5.74) is -0.296. The maximum absolute atomic E-state index is 11.5. The summed E-state index contributed by atoms with van der Waals surface area (Å²) >= 11 is 0. The minimum absolute atomic E-state index is 0.0327. The molecule has 1 aliphatic carbocycles. The van der Waals surface area contributed by atoms with Crippen LogP contribution in [0.5, 0.6) is 0 Å². The van der Waals surface area contributed by atoms with Crippen molar-refractivity contribution in [1.82, 2.24) is 0 Å². The van der Waals surface area contributed by atoms with E-state index in [0.29, 0.717) is 0 Å². The molecule has 2 nitrogen and oxygen atoms in total. The molecule has 0 aromatic heterocycles. The van der Waals surface area contributed by atoms with Gasteiger partial charge in [-0.2, -0.15) is 0 Å². The summed E-state index contributed by atoms with van der Waals surface area (Å²) in [4.78, 5) is 11.5. The second-order valence-corrected chi connectivity index (χ2v) is 4.20. The lowest BCUT2D eigenvalue weighted by molar-refractivity contribution is -0.163. The van der Waals surface area contributed by atoms with E-state index in [0.717, 1.165) is 19.3 Å². The normalized spacial score (nSPS) is 18.6. The first-order valence-corrected chi connectivity index (χ1v) is 4.77. The van der Waals surface area contributed by atoms with Crippen LogP contribution < -0.4 is 0 Å². The second kappa shape index (κ2) is 3.46. The van der Waals surface area contributed by atoms with E-state index in [2.05, 4.69) is 0 Å². The molecule has 0 heterocycles. The lowest BCUT2D eigenvalue weighted by Crippen LogP contribution is -2.33. The van der Waals surface area contributed by atoms with Gasteiger partial charge >= 0.3 is 5.97 Å². The SMILES string of the molecule is CCC(C)(C)C(=O)OC1CCC1. The maximum atomic E-state index is 11.5. The zero-order chi connectivity index (χ0) is 9.19. The van der Waals surface area contributed by atoms with E-state index < -0.39 is 0 Å². The van der Waals surface area contributed by atoms with Gasteiger partial charge in [0.25, 0.3) is 0 Å². The van der Waals surface area contributed by atoms with Gasteiger partial charge in [0.2, 0.25) is 0 Å². The van der Waals surface area contributed by atoms with E-state index >= 15 is 0 Å². The van der Waals surface area contributed by atoms with Gasteiger partial charge in [0.05, 0.1) is 5.41 Å². The predicted octanol–water partition coefficient (Wildman–Crippen LogP) is 2.52. The van der Waals surface area contributed by atoms with Crippen molar-refractivity contribution in [2.75, 3.05) is 0 Å². The Hall–Kier alpha value is -0.530. The van der Waals surface area contributed by atoms with Crippen LogP contribution in [0.1, 0.15) is 46.5 Å². The highest BCUT2D eigenvalue weighted by molar-refractivity contribution is 5.76. The molecule has 0 saturated heterocycles. The molecule has 0 amide bonds. The van der Waals surface area contributed by atoms with Crippen LogP contribution in [0.2, 0.25) is 0 Å². The topological polar surface area (TPSA) is 26.3 Å². The van der Waals surface area contributed by atoms with Gasteiger partial charge in [-0.05, 0) is 39.5 Å². The molecular formula is C10H18O2. The Morgan fingerprint density at radius 1 is 1.50 bits per heavy atom.